The monoisotopic (exact) mass is 158 g/mol. The Bertz CT molecular complexity index is 191. The Kier molecular flexibility index (Phi) is 1.86. The van der Waals surface area contributed by atoms with Crippen LogP contribution >= 0.6 is 11.6 Å². The van der Waals surface area contributed by atoms with E-state index >= 15 is 0 Å². The van der Waals surface area contributed by atoms with Crippen LogP contribution in [-0.2, 0) is 4.79 Å². The third-order valence-electron chi connectivity index (χ3n) is 1.74. The Morgan fingerprint density at radius 2 is 2.20 bits per heavy atom. The molecule has 1 nitrogen and oxygen atoms in total. The van der Waals surface area contributed by atoms with Gasteiger partial charge >= 0.3 is 0 Å². The molecule has 0 amide bonds. The highest BCUT2D eigenvalue weighted by atomic mass is 35.5. The minimum atomic E-state index is 0.0814. The normalized spacial score (nSPS) is 24.3. The number of allylic oxidation sites excluding steroid dienone is 2. The van der Waals surface area contributed by atoms with E-state index in [2.05, 4.69) is 13.8 Å². The van der Waals surface area contributed by atoms with Crippen molar-refractivity contribution < 1.29 is 4.79 Å². The largest absolute Gasteiger partial charge is 0.293 e. The lowest BCUT2D eigenvalue weighted by Crippen LogP contribution is -2.20. The van der Waals surface area contributed by atoms with Crippen LogP contribution in [-0.4, -0.2) is 5.78 Å². The first-order chi connectivity index (χ1) is 4.51. The number of halogens is 1. The molecule has 1 rings (SSSR count). The first kappa shape index (κ1) is 7.80. The van der Waals surface area contributed by atoms with Crippen molar-refractivity contribution in [2.24, 2.45) is 5.41 Å². The molecule has 0 fully saturated rings. The molecule has 0 radical (unpaired) electrons. The van der Waals surface area contributed by atoms with Crippen molar-refractivity contribution in [1.82, 2.24) is 0 Å². The molecule has 2 heteroatoms. The Hall–Kier alpha value is -0.300. The van der Waals surface area contributed by atoms with Gasteiger partial charge in [-0.2, -0.15) is 0 Å². The molecule has 10 heavy (non-hydrogen) atoms. The van der Waals surface area contributed by atoms with Crippen LogP contribution in [0.25, 0.3) is 0 Å². The van der Waals surface area contributed by atoms with Gasteiger partial charge in [0.05, 0.1) is 5.03 Å². The van der Waals surface area contributed by atoms with Gasteiger partial charge in [0.15, 0.2) is 5.78 Å². The third-order valence-corrected chi connectivity index (χ3v) is 2.10. The highest BCUT2D eigenvalue weighted by Crippen LogP contribution is 2.32. The number of Topliss-reactive ketones (excluding diaryl/α,β-unsaturated/α-hetero) is 1. The van der Waals surface area contributed by atoms with E-state index in [-0.39, 0.29) is 11.2 Å². The molecule has 56 valence electrons. The van der Waals surface area contributed by atoms with Crippen LogP contribution < -0.4 is 0 Å². The molecule has 0 spiro atoms. The maximum absolute atomic E-state index is 11.0. The molecule has 0 saturated carbocycles. The summed E-state index contributed by atoms with van der Waals surface area (Å²) in [4.78, 5) is 11.0. The average Bonchev–Trinajstić information content (AvgIpc) is 1.79. The van der Waals surface area contributed by atoms with Gasteiger partial charge in [-0.05, 0) is 11.8 Å². The summed E-state index contributed by atoms with van der Waals surface area (Å²) in [5, 5.41) is 0.416. The lowest BCUT2D eigenvalue weighted by atomic mass is 9.80. The molecule has 0 aromatic rings. The van der Waals surface area contributed by atoms with Crippen LogP contribution in [0.3, 0.4) is 0 Å². The first-order valence-electron chi connectivity index (χ1n) is 3.40. The topological polar surface area (TPSA) is 17.1 Å². The van der Waals surface area contributed by atoms with Crippen molar-refractivity contribution in [1.29, 1.82) is 0 Å². The summed E-state index contributed by atoms with van der Waals surface area (Å²) in [7, 11) is 0. The first-order valence-corrected chi connectivity index (χ1v) is 3.78. The van der Waals surface area contributed by atoms with Gasteiger partial charge in [-0.15, -0.1) is 0 Å². The highest BCUT2D eigenvalue weighted by molar-refractivity contribution is 6.42. The van der Waals surface area contributed by atoms with E-state index in [1.54, 1.807) is 0 Å². The summed E-state index contributed by atoms with van der Waals surface area (Å²) in [6.45, 7) is 4.15. The predicted molar refractivity (Wildman–Crippen MR) is 42.0 cm³/mol. The maximum Gasteiger partial charge on any atom is 0.174 e. The summed E-state index contributed by atoms with van der Waals surface area (Å²) in [6, 6.07) is 0. The van der Waals surface area contributed by atoms with Crippen LogP contribution in [0.5, 0.6) is 0 Å². The fourth-order valence-electron chi connectivity index (χ4n) is 1.07. The molecule has 0 aromatic heterocycles. The van der Waals surface area contributed by atoms with Crippen LogP contribution in [0.4, 0.5) is 0 Å². The molecule has 0 N–H and O–H groups in total. The zero-order chi connectivity index (χ0) is 7.78. The van der Waals surface area contributed by atoms with Gasteiger partial charge in [0.1, 0.15) is 0 Å². The van der Waals surface area contributed by atoms with E-state index < -0.39 is 0 Å². The van der Waals surface area contributed by atoms with Crippen LogP contribution in [0, 0.1) is 5.41 Å². The summed E-state index contributed by atoms with van der Waals surface area (Å²) in [5.74, 6) is 0.0814. The van der Waals surface area contributed by atoms with Gasteiger partial charge < -0.3 is 0 Å². The molecule has 0 aromatic carbocycles. The predicted octanol–water partition coefficient (Wildman–Crippen LogP) is 2.50. The number of hydrogen-bond donors (Lipinski definition) is 0. The van der Waals surface area contributed by atoms with Gasteiger partial charge in [0.2, 0.25) is 0 Å². The zero-order valence-corrected chi connectivity index (χ0v) is 7.03. The fraction of sp³-hybridized carbons (Fsp3) is 0.625. The van der Waals surface area contributed by atoms with Crippen LogP contribution in [0.2, 0.25) is 0 Å². The van der Waals surface area contributed by atoms with Gasteiger partial charge in [0, 0.05) is 6.42 Å². The smallest absolute Gasteiger partial charge is 0.174 e. The van der Waals surface area contributed by atoms with Crippen molar-refractivity contribution in [2.75, 3.05) is 0 Å². The molecule has 0 bridgehead atoms. The van der Waals surface area contributed by atoms with Crippen LogP contribution in [0.15, 0.2) is 11.1 Å². The summed E-state index contributed by atoms with van der Waals surface area (Å²) >= 11 is 5.61. The molecule has 0 aliphatic heterocycles. The average molecular weight is 159 g/mol. The SMILES string of the molecule is CC1(C)CC=C(Cl)C(=O)C1. The standard InChI is InChI=1S/C8H11ClO/c1-8(2)4-3-6(9)7(10)5-8/h3H,4-5H2,1-2H3. The van der Waals surface area contributed by atoms with Gasteiger partial charge in [0.25, 0.3) is 0 Å². The number of ketones is 1. The van der Waals surface area contributed by atoms with Gasteiger partial charge in [-0.25, -0.2) is 0 Å². The van der Waals surface area contributed by atoms with Crippen molar-refractivity contribution >= 4 is 17.4 Å². The van der Waals surface area contributed by atoms with Crippen molar-refractivity contribution in [3.05, 3.63) is 11.1 Å². The Labute approximate surface area is 66.1 Å². The second-order valence-electron chi connectivity index (χ2n) is 3.52. The summed E-state index contributed by atoms with van der Waals surface area (Å²) < 4.78 is 0. The lowest BCUT2D eigenvalue weighted by molar-refractivity contribution is -0.117. The van der Waals surface area contributed by atoms with E-state index in [1.807, 2.05) is 6.08 Å². The Balaban J connectivity index is 2.79. The van der Waals surface area contributed by atoms with E-state index in [4.69, 9.17) is 11.6 Å². The summed E-state index contributed by atoms with van der Waals surface area (Å²) in [6.07, 6.45) is 3.31. The number of carbonyl (C=O) groups is 1. The highest BCUT2D eigenvalue weighted by Gasteiger charge is 2.26. The zero-order valence-electron chi connectivity index (χ0n) is 6.28. The quantitative estimate of drug-likeness (QED) is 0.530. The molecule has 1 aliphatic rings. The molecule has 0 atom stereocenters. The van der Waals surface area contributed by atoms with Crippen molar-refractivity contribution in [2.45, 2.75) is 26.7 Å². The molecular formula is C8H11ClO. The van der Waals surface area contributed by atoms with Crippen molar-refractivity contribution in [3.8, 4) is 0 Å². The van der Waals surface area contributed by atoms with Gasteiger partial charge in [-0.1, -0.05) is 31.5 Å². The second kappa shape index (κ2) is 2.39. The molecule has 0 unspecified atom stereocenters. The Morgan fingerprint density at radius 3 is 2.60 bits per heavy atom. The van der Waals surface area contributed by atoms with E-state index in [0.29, 0.717) is 11.5 Å². The maximum atomic E-state index is 11.0. The summed E-state index contributed by atoms with van der Waals surface area (Å²) in [5.41, 5.74) is 0.121. The lowest BCUT2D eigenvalue weighted by Gasteiger charge is -2.25. The minimum Gasteiger partial charge on any atom is -0.293 e. The van der Waals surface area contributed by atoms with E-state index in [0.717, 1.165) is 6.42 Å². The minimum absolute atomic E-state index is 0.0814. The number of rotatable bonds is 0. The van der Waals surface area contributed by atoms with E-state index in [1.165, 1.54) is 0 Å². The molecule has 0 heterocycles. The molecular weight excluding hydrogens is 148 g/mol. The van der Waals surface area contributed by atoms with Crippen LogP contribution in [0.1, 0.15) is 26.7 Å². The number of carbonyl (C=O) groups excluding carboxylic acids is 1. The van der Waals surface area contributed by atoms with E-state index in [9.17, 15) is 4.79 Å². The molecule has 0 saturated heterocycles. The van der Waals surface area contributed by atoms with Crippen molar-refractivity contribution in [3.63, 3.8) is 0 Å². The Morgan fingerprint density at radius 1 is 1.60 bits per heavy atom. The molecule has 1 aliphatic carbocycles. The third kappa shape index (κ3) is 1.60. The number of hydrogen-bond acceptors (Lipinski definition) is 1. The fourth-order valence-corrected chi connectivity index (χ4v) is 1.21. The van der Waals surface area contributed by atoms with Gasteiger partial charge in [-0.3, -0.25) is 4.79 Å². The second-order valence-corrected chi connectivity index (χ2v) is 3.93.